The van der Waals surface area contributed by atoms with E-state index in [0.717, 1.165) is 2.43 Å². The van der Waals surface area contributed by atoms with Gasteiger partial charge in [0, 0.05) is 0 Å². The van der Waals surface area contributed by atoms with Gasteiger partial charge in [0.2, 0.25) is 0 Å². The van der Waals surface area contributed by atoms with E-state index in [0.29, 0.717) is 0 Å². The van der Waals surface area contributed by atoms with Crippen LogP contribution in [0.5, 0.6) is 0 Å². The number of carbonyl (C=O) groups excluding carboxylic acids is 1. The Hall–Kier alpha value is 1.66. The summed E-state index contributed by atoms with van der Waals surface area (Å²) < 4.78 is 3.76. The van der Waals surface area contributed by atoms with Crippen molar-refractivity contribution in [3.8, 4) is 0 Å². The van der Waals surface area contributed by atoms with Crippen molar-refractivity contribution in [2.75, 3.05) is 2.43 Å². The molecule has 0 saturated heterocycles. The predicted octanol–water partition coefficient (Wildman–Crippen LogP) is -5.35. The molecule has 0 saturated carbocycles. The number of rotatable bonds is 2. The van der Waals surface area contributed by atoms with Crippen LogP contribution in [0.25, 0.3) is 0 Å². The normalized spacial score (nSPS) is 8.86. The Kier molecular flexibility index (Phi) is 7.16. The van der Waals surface area contributed by atoms with Crippen LogP contribution in [-0.2, 0) is 0 Å². The zero-order valence-electron chi connectivity index (χ0n) is 3.25. The Balaban J connectivity index is 3.00. The third-order valence-corrected chi connectivity index (χ3v) is 4.95. The van der Waals surface area contributed by atoms with Crippen molar-refractivity contribution >= 4 is 26.5 Å². The average Bonchev–Trinajstić information content (AvgIpc) is 1.68. The van der Waals surface area contributed by atoms with Crippen LogP contribution in [0, 0.1) is 0 Å². The average molecular weight is 438 g/mol. The molecule has 1 N–H and O–H groups in total. The van der Waals surface area contributed by atoms with Gasteiger partial charge in [-0.2, -0.15) is 0 Å². The summed E-state index contributed by atoms with van der Waals surface area (Å²) in [6, 6.07) is 0. The molecule has 0 aliphatic heterocycles. The van der Waals surface area contributed by atoms with Gasteiger partial charge in [-0.3, -0.25) is 0 Å². The molecule has 0 aliphatic carbocycles. The van der Waals surface area contributed by atoms with E-state index in [4.69, 9.17) is 0 Å². The van der Waals surface area contributed by atoms with Crippen LogP contribution in [0.15, 0.2) is 0 Å². The fourth-order valence-corrected chi connectivity index (χ4v) is 3.20. The van der Waals surface area contributed by atoms with E-state index < -0.39 is 0 Å². The first-order chi connectivity index (χ1) is 3.31. The van der Waals surface area contributed by atoms with Gasteiger partial charge in [0.1, 0.15) is 0 Å². The van der Waals surface area contributed by atoms with E-state index >= 15 is 0 Å². The third-order valence-electron chi connectivity index (χ3n) is 0.246. The zero-order valence-corrected chi connectivity index (χ0v) is 9.72. The molecule has 0 aliphatic rings. The van der Waals surface area contributed by atoms with E-state index in [1.54, 1.807) is 0 Å². The molecule has 0 aromatic heterocycles. The fraction of sp³-hybridized carbons (Fsp3) is 0.500. The Morgan fingerprint density at radius 3 is 2.71 bits per heavy atom. The van der Waals surface area contributed by atoms with E-state index in [2.05, 4.69) is 26.1 Å². The summed E-state index contributed by atoms with van der Waals surface area (Å²) in [6.07, 6.45) is 0. The van der Waals surface area contributed by atoms with Gasteiger partial charge in [-0.15, -0.1) is 0 Å². The van der Waals surface area contributed by atoms with Crippen LogP contribution in [0.3, 0.4) is 0 Å². The van der Waals surface area contributed by atoms with E-state index in [1.807, 2.05) is 22.9 Å². The van der Waals surface area contributed by atoms with Crippen LogP contribution in [0.1, 0.15) is 0 Å². The molecular weight excluding hydrogens is 435 g/mol. The fourth-order valence-electron chi connectivity index (χ4n) is 0.0711. The molecule has 0 unspecified atom stereocenters. The van der Waals surface area contributed by atoms with Crippen LogP contribution in [-0.4, -0.2) is 6.35 Å². The standard InChI is InChI=1S/C2H3I3NO/c3-1-5-2(7)6-4/h1H2,(H,6,7)/q-2. The molecule has 0 spiro atoms. The summed E-state index contributed by atoms with van der Waals surface area (Å²) in [7, 11) is 0. The van der Waals surface area contributed by atoms with Gasteiger partial charge >= 0.3 is 81.3 Å². The number of halogens is 3. The van der Waals surface area contributed by atoms with Crippen LogP contribution >= 0.6 is 22.6 Å². The molecule has 0 heterocycles. The van der Waals surface area contributed by atoms with E-state index in [9.17, 15) is 4.79 Å². The molecule has 0 aromatic carbocycles. The second-order valence-corrected chi connectivity index (χ2v) is 7.33. The van der Waals surface area contributed by atoms with Crippen molar-refractivity contribution in [3.05, 3.63) is 0 Å². The molecule has 0 bridgehead atoms. The molecular formula is C2H3I3NO-2. The summed E-state index contributed by atoms with van der Waals surface area (Å²) >= 11 is 3.87. The van der Waals surface area contributed by atoms with Crippen molar-refractivity contribution in [1.29, 1.82) is 0 Å². The first-order valence-electron chi connectivity index (χ1n) is 1.37. The second kappa shape index (κ2) is 5.79. The summed E-state index contributed by atoms with van der Waals surface area (Å²) in [4.78, 5) is 10.3. The Bertz CT molecular complexity index is 66.0. The number of amides is 1. The van der Waals surface area contributed by atoms with Crippen molar-refractivity contribution < 1.29 is 48.9 Å². The maximum absolute atomic E-state index is 10.3. The Labute approximate surface area is 80.1 Å². The first kappa shape index (κ1) is 8.66. The van der Waals surface area contributed by atoms with Crippen LogP contribution in [0.2, 0.25) is 0 Å². The van der Waals surface area contributed by atoms with Gasteiger partial charge < -0.3 is 0 Å². The summed E-state index contributed by atoms with van der Waals surface area (Å²) in [5, 5.41) is 0. The zero-order chi connectivity index (χ0) is 5.70. The molecule has 45 valence electrons. The summed E-state index contributed by atoms with van der Waals surface area (Å²) in [6.45, 7) is 0. The molecule has 5 heteroatoms. The monoisotopic (exact) mass is 438 g/mol. The second-order valence-electron chi connectivity index (χ2n) is 0.603. The van der Waals surface area contributed by atoms with Crippen LogP contribution < -0.4 is 47.6 Å². The van der Waals surface area contributed by atoms with E-state index in [-0.39, 0.29) is 25.1 Å². The van der Waals surface area contributed by atoms with Crippen molar-refractivity contribution in [2.24, 2.45) is 0 Å². The molecule has 7 heavy (non-hydrogen) atoms. The number of hydrogen-bond acceptors (Lipinski definition) is 1. The minimum atomic E-state index is -0.206. The van der Waals surface area contributed by atoms with E-state index in [1.165, 1.54) is 0 Å². The van der Waals surface area contributed by atoms with Crippen LogP contribution in [0.4, 0.5) is 4.79 Å². The number of nitrogens with one attached hydrogen (secondary N) is 1. The predicted molar refractivity (Wildman–Crippen MR) is 27.4 cm³/mol. The Morgan fingerprint density at radius 1 is 2.00 bits per heavy atom. The molecule has 2 nitrogen and oxygen atoms in total. The van der Waals surface area contributed by atoms with Crippen molar-refractivity contribution in [3.63, 3.8) is 0 Å². The van der Waals surface area contributed by atoms with Gasteiger partial charge in [-0.05, 0) is 0 Å². The Morgan fingerprint density at radius 2 is 2.57 bits per heavy atom. The topological polar surface area (TPSA) is 29.1 Å². The van der Waals surface area contributed by atoms with Crippen molar-refractivity contribution in [2.45, 2.75) is 0 Å². The quantitative estimate of drug-likeness (QED) is 0.151. The maximum atomic E-state index is 10.3. The number of alkyl halides is 2. The molecule has 0 atom stereocenters. The van der Waals surface area contributed by atoms with Gasteiger partial charge in [0.25, 0.3) is 0 Å². The molecule has 0 fully saturated rings. The minimum absolute atomic E-state index is 0.206. The summed E-state index contributed by atoms with van der Waals surface area (Å²) in [5.74, 6) is 0. The van der Waals surface area contributed by atoms with Crippen molar-refractivity contribution in [1.82, 2.24) is 3.53 Å². The molecule has 1 radical (unpaired) electrons. The van der Waals surface area contributed by atoms with Gasteiger partial charge in [-0.25, -0.2) is 0 Å². The third kappa shape index (κ3) is 5.53. The molecule has 0 rings (SSSR count). The molecule has 0 aromatic rings. The molecule has 1 amide bonds. The van der Waals surface area contributed by atoms with Gasteiger partial charge in [-0.1, -0.05) is 0 Å². The first-order valence-corrected chi connectivity index (χ1v) is 6.58. The van der Waals surface area contributed by atoms with Gasteiger partial charge in [0.15, 0.2) is 0 Å². The summed E-state index contributed by atoms with van der Waals surface area (Å²) in [5.41, 5.74) is 0. The van der Waals surface area contributed by atoms with Gasteiger partial charge in [0.05, 0.1) is 0 Å². The number of carbonyl (C=O) groups is 1. The number of hydrogen-bond donors (Lipinski definition) is 1. The SMILES string of the molecule is O=C(N[I-])[I-]CI.